The summed E-state index contributed by atoms with van der Waals surface area (Å²) in [6.45, 7) is 2.87. The van der Waals surface area contributed by atoms with Crippen LogP contribution in [0.25, 0.3) is 0 Å². The molecule has 1 heterocycles. The first-order chi connectivity index (χ1) is 10.4. The molecular formula is C15H19F2N3O2. The molecule has 5 nitrogen and oxygen atoms in total. The van der Waals surface area contributed by atoms with Crippen LogP contribution in [-0.4, -0.2) is 54.8 Å². The molecular weight excluding hydrogens is 292 g/mol. The van der Waals surface area contributed by atoms with Crippen LogP contribution in [0.5, 0.6) is 0 Å². The number of hydrogen-bond donors (Lipinski definition) is 1. The predicted molar refractivity (Wildman–Crippen MR) is 77.0 cm³/mol. The topological polar surface area (TPSA) is 52.7 Å². The van der Waals surface area contributed by atoms with Gasteiger partial charge in [-0.25, -0.2) is 8.78 Å². The molecule has 22 heavy (non-hydrogen) atoms. The van der Waals surface area contributed by atoms with Gasteiger partial charge in [-0.3, -0.25) is 9.59 Å². The summed E-state index contributed by atoms with van der Waals surface area (Å²) in [5.74, 6) is -1.57. The summed E-state index contributed by atoms with van der Waals surface area (Å²) in [7, 11) is 1.52. The smallest absolute Gasteiger partial charge is 0.242 e. The number of likely N-dealkylation sites (N-methyl/N-ethyl adjacent to an activating group) is 1. The van der Waals surface area contributed by atoms with E-state index in [-0.39, 0.29) is 30.5 Å². The lowest BCUT2D eigenvalue weighted by Gasteiger charge is -2.31. The van der Waals surface area contributed by atoms with Crippen LogP contribution in [0.1, 0.15) is 18.5 Å². The minimum Gasteiger partial charge on any atom is -0.337 e. The molecule has 0 aromatic heterocycles. The van der Waals surface area contributed by atoms with Gasteiger partial charge in [0.05, 0.1) is 19.1 Å². The highest BCUT2D eigenvalue weighted by atomic mass is 19.1. The molecule has 1 N–H and O–H groups in total. The quantitative estimate of drug-likeness (QED) is 0.899. The first-order valence-corrected chi connectivity index (χ1v) is 7.09. The third-order valence-electron chi connectivity index (χ3n) is 3.90. The third-order valence-corrected chi connectivity index (χ3v) is 3.90. The van der Waals surface area contributed by atoms with Crippen molar-refractivity contribution in [2.45, 2.75) is 13.0 Å². The SMILES string of the molecule is C[C@H](c1cc(F)ccc1F)N(C)C(=O)CN1CCNCC1=O. The number of carbonyl (C=O) groups is 2. The molecule has 1 aromatic rings. The first-order valence-electron chi connectivity index (χ1n) is 7.09. The molecule has 0 bridgehead atoms. The largest absolute Gasteiger partial charge is 0.337 e. The first kappa shape index (κ1) is 16.4. The highest BCUT2D eigenvalue weighted by molar-refractivity contribution is 5.86. The van der Waals surface area contributed by atoms with E-state index in [9.17, 15) is 18.4 Å². The van der Waals surface area contributed by atoms with Crippen LogP contribution in [0, 0.1) is 11.6 Å². The Labute approximate surface area is 127 Å². The Kier molecular flexibility index (Phi) is 5.07. The van der Waals surface area contributed by atoms with E-state index in [1.807, 2.05) is 0 Å². The molecule has 2 amide bonds. The molecule has 1 atom stereocenters. The number of carbonyl (C=O) groups excluding carboxylic acids is 2. The van der Waals surface area contributed by atoms with E-state index in [0.717, 1.165) is 18.2 Å². The van der Waals surface area contributed by atoms with Crippen molar-refractivity contribution in [2.75, 3.05) is 33.2 Å². The van der Waals surface area contributed by atoms with Crippen molar-refractivity contribution < 1.29 is 18.4 Å². The Morgan fingerprint density at radius 3 is 2.86 bits per heavy atom. The van der Waals surface area contributed by atoms with Gasteiger partial charge < -0.3 is 15.1 Å². The van der Waals surface area contributed by atoms with Crippen molar-refractivity contribution in [3.63, 3.8) is 0 Å². The fraction of sp³-hybridized carbons (Fsp3) is 0.467. The van der Waals surface area contributed by atoms with E-state index in [2.05, 4.69) is 5.32 Å². The van der Waals surface area contributed by atoms with Gasteiger partial charge in [-0.2, -0.15) is 0 Å². The maximum absolute atomic E-state index is 13.8. The fourth-order valence-electron chi connectivity index (χ4n) is 2.35. The van der Waals surface area contributed by atoms with Crippen molar-refractivity contribution in [3.05, 3.63) is 35.4 Å². The molecule has 0 spiro atoms. The number of halogens is 2. The lowest BCUT2D eigenvalue weighted by Crippen LogP contribution is -2.51. The minimum absolute atomic E-state index is 0.0573. The van der Waals surface area contributed by atoms with Crippen LogP contribution in [0.2, 0.25) is 0 Å². The van der Waals surface area contributed by atoms with Gasteiger partial charge in [-0.15, -0.1) is 0 Å². The molecule has 0 aliphatic carbocycles. The Balaban J connectivity index is 2.06. The zero-order chi connectivity index (χ0) is 16.3. The fourth-order valence-corrected chi connectivity index (χ4v) is 2.35. The second-order valence-corrected chi connectivity index (χ2v) is 5.34. The van der Waals surface area contributed by atoms with Gasteiger partial charge in [0.25, 0.3) is 0 Å². The second kappa shape index (κ2) is 6.83. The van der Waals surface area contributed by atoms with Gasteiger partial charge >= 0.3 is 0 Å². The molecule has 0 saturated carbocycles. The van der Waals surface area contributed by atoms with Crippen molar-refractivity contribution in [1.82, 2.24) is 15.1 Å². The molecule has 1 aromatic carbocycles. The maximum atomic E-state index is 13.8. The lowest BCUT2D eigenvalue weighted by molar-refractivity contribution is -0.141. The summed E-state index contributed by atoms with van der Waals surface area (Å²) in [5.41, 5.74) is 0.113. The van der Waals surface area contributed by atoms with E-state index in [4.69, 9.17) is 0 Å². The van der Waals surface area contributed by atoms with Crippen molar-refractivity contribution >= 4 is 11.8 Å². The van der Waals surface area contributed by atoms with Crippen LogP contribution in [0.15, 0.2) is 18.2 Å². The number of nitrogens with one attached hydrogen (secondary N) is 1. The second-order valence-electron chi connectivity index (χ2n) is 5.34. The highest BCUT2D eigenvalue weighted by Gasteiger charge is 2.25. The summed E-state index contributed by atoms with van der Waals surface area (Å²) in [5, 5.41) is 2.92. The third kappa shape index (κ3) is 3.59. The molecule has 1 fully saturated rings. The molecule has 2 rings (SSSR count). The highest BCUT2D eigenvalue weighted by Crippen LogP contribution is 2.23. The van der Waals surface area contributed by atoms with E-state index >= 15 is 0 Å². The summed E-state index contributed by atoms with van der Waals surface area (Å²) in [4.78, 5) is 26.7. The average molecular weight is 311 g/mol. The zero-order valence-electron chi connectivity index (χ0n) is 12.6. The Morgan fingerprint density at radius 1 is 1.45 bits per heavy atom. The molecule has 0 radical (unpaired) electrons. The average Bonchev–Trinajstić information content (AvgIpc) is 2.50. The summed E-state index contributed by atoms with van der Waals surface area (Å²) >= 11 is 0. The molecule has 1 saturated heterocycles. The minimum atomic E-state index is -0.624. The number of rotatable bonds is 4. The van der Waals surface area contributed by atoms with Crippen molar-refractivity contribution in [1.29, 1.82) is 0 Å². The number of amides is 2. The number of hydrogen-bond acceptors (Lipinski definition) is 3. The van der Waals surface area contributed by atoms with Gasteiger partial charge in [0.15, 0.2) is 0 Å². The Hall–Kier alpha value is -2.02. The standard InChI is InChI=1S/C15H19F2N3O2/c1-10(12-7-11(16)3-4-13(12)17)19(2)15(22)9-20-6-5-18-8-14(20)21/h3-4,7,10,18H,5-6,8-9H2,1-2H3/t10-/m1/s1. The van der Waals surface area contributed by atoms with E-state index < -0.39 is 17.7 Å². The van der Waals surface area contributed by atoms with E-state index in [1.54, 1.807) is 6.92 Å². The Morgan fingerprint density at radius 2 is 2.18 bits per heavy atom. The van der Waals surface area contributed by atoms with E-state index in [0.29, 0.717) is 13.1 Å². The van der Waals surface area contributed by atoms with E-state index in [1.165, 1.54) is 16.8 Å². The zero-order valence-corrected chi connectivity index (χ0v) is 12.6. The number of nitrogens with zero attached hydrogens (tertiary/aromatic N) is 2. The number of piperazine rings is 1. The molecule has 7 heteroatoms. The van der Waals surface area contributed by atoms with Crippen LogP contribution >= 0.6 is 0 Å². The lowest BCUT2D eigenvalue weighted by atomic mass is 10.1. The summed E-state index contributed by atoms with van der Waals surface area (Å²) in [6, 6.07) is 2.53. The molecule has 0 unspecified atom stereocenters. The molecule has 1 aliphatic rings. The van der Waals surface area contributed by atoms with Gasteiger partial charge in [0, 0.05) is 25.7 Å². The maximum Gasteiger partial charge on any atom is 0.242 e. The van der Waals surface area contributed by atoms with Crippen LogP contribution in [0.4, 0.5) is 8.78 Å². The van der Waals surface area contributed by atoms with Gasteiger partial charge in [0.1, 0.15) is 11.6 Å². The van der Waals surface area contributed by atoms with Crippen molar-refractivity contribution in [3.8, 4) is 0 Å². The van der Waals surface area contributed by atoms with Crippen molar-refractivity contribution in [2.24, 2.45) is 0 Å². The molecule has 1 aliphatic heterocycles. The number of benzene rings is 1. The van der Waals surface area contributed by atoms with Crippen LogP contribution in [-0.2, 0) is 9.59 Å². The van der Waals surface area contributed by atoms with Crippen LogP contribution < -0.4 is 5.32 Å². The van der Waals surface area contributed by atoms with Gasteiger partial charge in [-0.05, 0) is 25.1 Å². The molecule has 120 valence electrons. The predicted octanol–water partition coefficient (Wildman–Crippen LogP) is 0.916. The monoisotopic (exact) mass is 311 g/mol. The normalized spacial score (nSPS) is 16.5. The summed E-state index contributed by atoms with van der Waals surface area (Å²) < 4.78 is 27.1. The Bertz CT molecular complexity index is 580. The van der Waals surface area contributed by atoms with Gasteiger partial charge in [-0.1, -0.05) is 0 Å². The summed E-state index contributed by atoms with van der Waals surface area (Å²) in [6.07, 6.45) is 0. The van der Waals surface area contributed by atoms with Gasteiger partial charge in [0.2, 0.25) is 11.8 Å². The van der Waals surface area contributed by atoms with Crippen LogP contribution in [0.3, 0.4) is 0 Å².